The number of carbonyl (C=O) groups is 1. The van der Waals surface area contributed by atoms with Crippen molar-refractivity contribution < 1.29 is 19.4 Å². The summed E-state index contributed by atoms with van der Waals surface area (Å²) in [5.74, 6) is 0.0403. The van der Waals surface area contributed by atoms with Crippen LogP contribution < -0.4 is 9.47 Å². The van der Waals surface area contributed by atoms with E-state index in [0.717, 1.165) is 16.3 Å². The summed E-state index contributed by atoms with van der Waals surface area (Å²) in [4.78, 5) is 11.6. The van der Waals surface area contributed by atoms with Crippen LogP contribution in [0, 0.1) is 0 Å². The van der Waals surface area contributed by atoms with Crippen LogP contribution in [0.15, 0.2) is 60.7 Å². The molecule has 1 unspecified atom stereocenters. The zero-order valence-electron chi connectivity index (χ0n) is 13.6. The molecule has 0 aliphatic rings. The van der Waals surface area contributed by atoms with E-state index in [2.05, 4.69) is 0 Å². The van der Waals surface area contributed by atoms with Gasteiger partial charge in [0.25, 0.3) is 0 Å². The van der Waals surface area contributed by atoms with Gasteiger partial charge in [-0.25, -0.2) is 4.79 Å². The van der Waals surface area contributed by atoms with Crippen molar-refractivity contribution >= 4 is 28.3 Å². The second kappa shape index (κ2) is 7.45. The Morgan fingerprint density at radius 3 is 2.52 bits per heavy atom. The van der Waals surface area contributed by atoms with E-state index in [9.17, 15) is 9.90 Å². The van der Waals surface area contributed by atoms with Gasteiger partial charge in [0.2, 0.25) is 0 Å². The third-order valence-corrected chi connectivity index (χ3v) is 4.21. The Balaban J connectivity index is 1.80. The zero-order valence-corrected chi connectivity index (χ0v) is 14.4. The highest BCUT2D eigenvalue weighted by atomic mass is 35.5. The molecule has 0 radical (unpaired) electrons. The normalized spacial score (nSPS) is 11.9. The van der Waals surface area contributed by atoms with Crippen LogP contribution in [0.4, 0.5) is 0 Å². The summed E-state index contributed by atoms with van der Waals surface area (Å²) in [6.07, 6.45) is -0.808. The Bertz CT molecular complexity index is 907. The number of rotatable bonds is 6. The van der Waals surface area contributed by atoms with E-state index in [1.165, 1.54) is 7.11 Å². The zero-order chi connectivity index (χ0) is 17.8. The number of aliphatic carboxylic acids is 1. The van der Waals surface area contributed by atoms with Crippen LogP contribution in [0.2, 0.25) is 5.02 Å². The number of carboxylic acid groups (broad SMARTS) is 1. The van der Waals surface area contributed by atoms with E-state index in [1.807, 2.05) is 36.4 Å². The molecule has 1 N–H and O–H groups in total. The highest BCUT2D eigenvalue weighted by Gasteiger charge is 2.21. The first kappa shape index (κ1) is 17.1. The summed E-state index contributed by atoms with van der Waals surface area (Å²) < 4.78 is 10.8. The number of halogens is 1. The van der Waals surface area contributed by atoms with Gasteiger partial charge in [-0.05, 0) is 40.6 Å². The van der Waals surface area contributed by atoms with Gasteiger partial charge in [0.15, 0.2) is 6.10 Å². The molecule has 0 aromatic heterocycles. The third-order valence-electron chi connectivity index (χ3n) is 3.91. The van der Waals surface area contributed by atoms with E-state index in [-0.39, 0.29) is 6.42 Å². The quantitative estimate of drug-likeness (QED) is 0.702. The van der Waals surface area contributed by atoms with Crippen LogP contribution in [0.5, 0.6) is 11.5 Å². The van der Waals surface area contributed by atoms with E-state index < -0.39 is 12.1 Å². The van der Waals surface area contributed by atoms with Crippen molar-refractivity contribution in [2.45, 2.75) is 12.5 Å². The molecule has 3 rings (SSSR count). The second-order valence-corrected chi connectivity index (χ2v) is 6.03. The molecule has 0 amide bonds. The predicted octanol–water partition coefficient (Wildman–Crippen LogP) is 4.58. The molecule has 0 saturated heterocycles. The molecule has 5 heteroatoms. The monoisotopic (exact) mass is 356 g/mol. The Morgan fingerprint density at radius 1 is 1.08 bits per heavy atom. The molecule has 0 fully saturated rings. The first-order valence-electron chi connectivity index (χ1n) is 7.77. The van der Waals surface area contributed by atoms with E-state index in [4.69, 9.17) is 21.1 Å². The molecule has 0 spiro atoms. The van der Waals surface area contributed by atoms with Crippen LogP contribution in [0.3, 0.4) is 0 Å². The van der Waals surface area contributed by atoms with Gasteiger partial charge in [-0.3, -0.25) is 0 Å². The Kier molecular flexibility index (Phi) is 5.10. The molecule has 0 saturated carbocycles. The van der Waals surface area contributed by atoms with E-state index in [0.29, 0.717) is 16.5 Å². The number of hydrogen-bond acceptors (Lipinski definition) is 3. The molecule has 25 heavy (non-hydrogen) atoms. The van der Waals surface area contributed by atoms with Gasteiger partial charge in [-0.2, -0.15) is 0 Å². The van der Waals surface area contributed by atoms with Crippen molar-refractivity contribution in [2.24, 2.45) is 0 Å². The maximum Gasteiger partial charge on any atom is 0.345 e. The smallest absolute Gasteiger partial charge is 0.345 e. The average molecular weight is 357 g/mol. The van der Waals surface area contributed by atoms with Crippen molar-refractivity contribution in [1.82, 2.24) is 0 Å². The lowest BCUT2D eigenvalue weighted by Gasteiger charge is -2.16. The highest BCUT2D eigenvalue weighted by Crippen LogP contribution is 2.26. The maximum atomic E-state index is 11.6. The molecule has 0 aliphatic heterocycles. The molecule has 3 aromatic carbocycles. The average Bonchev–Trinajstić information content (AvgIpc) is 2.61. The lowest BCUT2D eigenvalue weighted by Crippen LogP contribution is -2.29. The van der Waals surface area contributed by atoms with E-state index >= 15 is 0 Å². The first-order valence-corrected chi connectivity index (χ1v) is 8.15. The number of fused-ring (bicyclic) bond motifs is 1. The van der Waals surface area contributed by atoms with E-state index in [1.54, 1.807) is 24.3 Å². The molecule has 4 nitrogen and oxygen atoms in total. The van der Waals surface area contributed by atoms with Gasteiger partial charge in [-0.15, -0.1) is 0 Å². The minimum absolute atomic E-state index is 0.200. The van der Waals surface area contributed by atoms with Crippen molar-refractivity contribution in [3.63, 3.8) is 0 Å². The van der Waals surface area contributed by atoms with Crippen LogP contribution >= 0.6 is 11.6 Å². The van der Waals surface area contributed by atoms with Gasteiger partial charge >= 0.3 is 5.97 Å². The summed E-state index contributed by atoms with van der Waals surface area (Å²) in [6, 6.07) is 18.6. The summed E-state index contributed by atoms with van der Waals surface area (Å²) in [7, 11) is 1.53. The summed E-state index contributed by atoms with van der Waals surface area (Å²) in [5.41, 5.74) is 0.763. The van der Waals surface area contributed by atoms with Gasteiger partial charge in [0.1, 0.15) is 11.5 Å². The fourth-order valence-corrected chi connectivity index (χ4v) is 2.92. The van der Waals surface area contributed by atoms with Crippen molar-refractivity contribution in [1.29, 1.82) is 0 Å². The Labute approximate surface area is 150 Å². The lowest BCUT2D eigenvalue weighted by molar-refractivity contribution is -0.145. The molecule has 1 atom stereocenters. The number of ether oxygens (including phenoxy) is 2. The fourth-order valence-electron chi connectivity index (χ4n) is 2.64. The topological polar surface area (TPSA) is 55.8 Å². The third kappa shape index (κ3) is 4.03. The molecule has 128 valence electrons. The Hall–Kier alpha value is -2.72. The largest absolute Gasteiger partial charge is 0.495 e. The highest BCUT2D eigenvalue weighted by molar-refractivity contribution is 6.32. The second-order valence-electron chi connectivity index (χ2n) is 5.63. The molecular weight excluding hydrogens is 340 g/mol. The number of carboxylic acids is 1. The molecule has 0 bridgehead atoms. The Morgan fingerprint density at radius 2 is 1.84 bits per heavy atom. The summed E-state index contributed by atoms with van der Waals surface area (Å²) in [6.45, 7) is 0. The van der Waals surface area contributed by atoms with Crippen molar-refractivity contribution in [3.05, 3.63) is 71.2 Å². The number of hydrogen-bond donors (Lipinski definition) is 1. The van der Waals surface area contributed by atoms with Gasteiger partial charge < -0.3 is 14.6 Å². The number of methoxy groups -OCH3 is 1. The van der Waals surface area contributed by atoms with Gasteiger partial charge in [0, 0.05) is 6.42 Å². The minimum Gasteiger partial charge on any atom is -0.495 e. The molecule has 3 aromatic rings. The van der Waals surface area contributed by atoms with Crippen LogP contribution in [0.1, 0.15) is 5.56 Å². The van der Waals surface area contributed by atoms with Crippen LogP contribution in [0.25, 0.3) is 10.8 Å². The molecule has 0 heterocycles. The standard InChI is InChI=1S/C20H17ClO4/c1-24-18-9-6-13(10-17(18)21)11-19(20(22)23)25-16-8-7-14-4-2-3-5-15(14)12-16/h2-10,12,19H,11H2,1H3,(H,22,23). The minimum atomic E-state index is -1.03. The first-order chi connectivity index (χ1) is 12.1. The van der Waals surface area contributed by atoms with Gasteiger partial charge in [-0.1, -0.05) is 48.0 Å². The summed E-state index contributed by atoms with van der Waals surface area (Å²) >= 11 is 6.10. The predicted molar refractivity (Wildman–Crippen MR) is 97.7 cm³/mol. The fraction of sp³-hybridized carbons (Fsp3) is 0.150. The number of benzene rings is 3. The molecular formula is C20H17ClO4. The van der Waals surface area contributed by atoms with Crippen LogP contribution in [-0.2, 0) is 11.2 Å². The summed E-state index contributed by atoms with van der Waals surface area (Å²) in [5, 5.41) is 12.0. The van der Waals surface area contributed by atoms with Crippen molar-refractivity contribution in [3.8, 4) is 11.5 Å². The van der Waals surface area contributed by atoms with Crippen LogP contribution in [-0.4, -0.2) is 24.3 Å². The SMILES string of the molecule is COc1ccc(CC(Oc2ccc3ccccc3c2)C(=O)O)cc1Cl. The molecule has 0 aliphatic carbocycles. The van der Waals surface area contributed by atoms with Gasteiger partial charge in [0.05, 0.1) is 12.1 Å². The van der Waals surface area contributed by atoms with Crippen molar-refractivity contribution in [2.75, 3.05) is 7.11 Å². The maximum absolute atomic E-state index is 11.6. The lowest BCUT2D eigenvalue weighted by atomic mass is 10.1.